The highest BCUT2D eigenvalue weighted by molar-refractivity contribution is 5.79. The Morgan fingerprint density at radius 2 is 1.94 bits per heavy atom. The average molecular weight is 242 g/mol. The highest BCUT2D eigenvalue weighted by Crippen LogP contribution is 2.17. The van der Waals surface area contributed by atoms with E-state index in [-0.39, 0.29) is 17.9 Å². The van der Waals surface area contributed by atoms with E-state index in [9.17, 15) is 9.59 Å². The molecule has 0 radical (unpaired) electrons. The molecule has 0 bridgehead atoms. The average Bonchev–Trinajstić information content (AvgIpc) is 2.35. The Kier molecular flexibility index (Phi) is 5.25. The van der Waals surface area contributed by atoms with Crippen LogP contribution < -0.4 is 5.32 Å². The summed E-state index contributed by atoms with van der Waals surface area (Å²) in [4.78, 5) is 24.7. The Bertz CT molecular complexity index is 271. The zero-order chi connectivity index (χ0) is 12.8. The monoisotopic (exact) mass is 242 g/mol. The number of hydrogen-bond acceptors (Lipinski definition) is 3. The molecule has 1 aliphatic rings. The molecule has 0 unspecified atom stereocenters. The van der Waals surface area contributed by atoms with Gasteiger partial charge in [0.25, 0.3) is 0 Å². The molecule has 0 aromatic rings. The number of carbonyl (C=O) groups excluding carboxylic acids is 2. The molecule has 1 heterocycles. The van der Waals surface area contributed by atoms with Crippen LogP contribution in [0.5, 0.6) is 0 Å². The van der Waals surface area contributed by atoms with E-state index in [2.05, 4.69) is 23.9 Å². The summed E-state index contributed by atoms with van der Waals surface area (Å²) in [7, 11) is 1.38. The lowest BCUT2D eigenvalue weighted by Crippen LogP contribution is -2.43. The van der Waals surface area contributed by atoms with Crippen molar-refractivity contribution >= 4 is 12.0 Å². The SMILES string of the molecule is COC(=O)N1CCC(C(=O)NCC(C)C)CC1. The maximum absolute atomic E-state index is 11.8. The molecular weight excluding hydrogens is 220 g/mol. The van der Waals surface area contributed by atoms with Gasteiger partial charge in [0.15, 0.2) is 0 Å². The molecule has 1 N–H and O–H groups in total. The van der Waals surface area contributed by atoms with Crippen molar-refractivity contribution in [2.75, 3.05) is 26.7 Å². The lowest BCUT2D eigenvalue weighted by molar-refractivity contribution is -0.126. The van der Waals surface area contributed by atoms with Crippen LogP contribution in [0.4, 0.5) is 4.79 Å². The first-order valence-electron chi connectivity index (χ1n) is 6.15. The van der Waals surface area contributed by atoms with Crippen molar-refractivity contribution in [3.63, 3.8) is 0 Å². The van der Waals surface area contributed by atoms with E-state index in [0.29, 0.717) is 19.0 Å². The zero-order valence-electron chi connectivity index (χ0n) is 10.9. The molecule has 1 rings (SSSR count). The summed E-state index contributed by atoms with van der Waals surface area (Å²) in [5, 5.41) is 2.94. The first kappa shape index (κ1) is 13.8. The Labute approximate surface area is 102 Å². The molecule has 0 aromatic carbocycles. The van der Waals surface area contributed by atoms with E-state index >= 15 is 0 Å². The van der Waals surface area contributed by atoms with Gasteiger partial charge in [-0.25, -0.2) is 4.79 Å². The van der Waals surface area contributed by atoms with E-state index < -0.39 is 0 Å². The second-order valence-corrected chi connectivity index (χ2v) is 4.87. The van der Waals surface area contributed by atoms with Crippen molar-refractivity contribution in [1.29, 1.82) is 0 Å². The first-order chi connectivity index (χ1) is 8.04. The summed E-state index contributed by atoms with van der Waals surface area (Å²) >= 11 is 0. The molecule has 5 heteroatoms. The quantitative estimate of drug-likeness (QED) is 0.810. The van der Waals surface area contributed by atoms with E-state index in [1.165, 1.54) is 7.11 Å². The van der Waals surface area contributed by atoms with Gasteiger partial charge in [0, 0.05) is 25.6 Å². The number of methoxy groups -OCH3 is 1. The highest BCUT2D eigenvalue weighted by atomic mass is 16.5. The van der Waals surface area contributed by atoms with Crippen LogP contribution in [-0.2, 0) is 9.53 Å². The summed E-state index contributed by atoms with van der Waals surface area (Å²) in [5.41, 5.74) is 0. The van der Waals surface area contributed by atoms with Gasteiger partial charge in [-0.15, -0.1) is 0 Å². The Morgan fingerprint density at radius 3 is 2.41 bits per heavy atom. The second-order valence-electron chi connectivity index (χ2n) is 4.87. The van der Waals surface area contributed by atoms with Crippen molar-refractivity contribution in [2.45, 2.75) is 26.7 Å². The fourth-order valence-corrected chi connectivity index (χ4v) is 1.90. The molecule has 98 valence electrons. The van der Waals surface area contributed by atoms with E-state index in [1.54, 1.807) is 4.90 Å². The van der Waals surface area contributed by atoms with Gasteiger partial charge in [-0.1, -0.05) is 13.8 Å². The van der Waals surface area contributed by atoms with Crippen LogP contribution in [0.25, 0.3) is 0 Å². The number of likely N-dealkylation sites (tertiary alicyclic amines) is 1. The third-order valence-corrected chi connectivity index (χ3v) is 2.98. The van der Waals surface area contributed by atoms with E-state index in [1.807, 2.05) is 0 Å². The lowest BCUT2D eigenvalue weighted by atomic mass is 9.96. The van der Waals surface area contributed by atoms with Gasteiger partial charge in [0.1, 0.15) is 0 Å². The summed E-state index contributed by atoms with van der Waals surface area (Å²) in [6.07, 6.45) is 1.14. The summed E-state index contributed by atoms with van der Waals surface area (Å²) in [6, 6.07) is 0. The molecule has 17 heavy (non-hydrogen) atoms. The maximum Gasteiger partial charge on any atom is 0.409 e. The lowest BCUT2D eigenvalue weighted by Gasteiger charge is -2.30. The number of piperidine rings is 1. The van der Waals surface area contributed by atoms with E-state index in [0.717, 1.165) is 19.4 Å². The first-order valence-corrected chi connectivity index (χ1v) is 6.15. The predicted octanol–water partition coefficient (Wildman–Crippen LogP) is 1.24. The minimum absolute atomic E-state index is 0.0367. The molecule has 0 atom stereocenters. The zero-order valence-corrected chi connectivity index (χ0v) is 10.9. The number of hydrogen-bond donors (Lipinski definition) is 1. The van der Waals surface area contributed by atoms with Gasteiger partial charge in [-0.2, -0.15) is 0 Å². The Hall–Kier alpha value is -1.26. The molecular formula is C12H22N2O3. The van der Waals surface area contributed by atoms with Crippen LogP contribution in [0.2, 0.25) is 0 Å². The largest absolute Gasteiger partial charge is 0.453 e. The minimum Gasteiger partial charge on any atom is -0.453 e. The van der Waals surface area contributed by atoms with Crippen LogP contribution >= 0.6 is 0 Å². The molecule has 2 amide bonds. The van der Waals surface area contributed by atoms with Crippen LogP contribution in [0, 0.1) is 11.8 Å². The number of carbonyl (C=O) groups is 2. The molecule has 1 fully saturated rings. The van der Waals surface area contributed by atoms with Gasteiger partial charge in [0.05, 0.1) is 7.11 Å². The molecule has 5 nitrogen and oxygen atoms in total. The number of nitrogens with one attached hydrogen (secondary N) is 1. The Balaban J connectivity index is 2.31. The highest BCUT2D eigenvalue weighted by Gasteiger charge is 2.27. The Morgan fingerprint density at radius 1 is 1.35 bits per heavy atom. The normalized spacial score (nSPS) is 17.1. The number of nitrogens with zero attached hydrogens (tertiary/aromatic N) is 1. The summed E-state index contributed by atoms with van der Waals surface area (Å²) in [5.74, 6) is 0.618. The van der Waals surface area contributed by atoms with Crippen LogP contribution in [0.15, 0.2) is 0 Å². The third-order valence-electron chi connectivity index (χ3n) is 2.98. The summed E-state index contributed by atoms with van der Waals surface area (Å²) in [6.45, 7) is 6.06. The maximum atomic E-state index is 11.8. The number of amides is 2. The van der Waals surface area contributed by atoms with Crippen molar-refractivity contribution in [3.8, 4) is 0 Å². The number of ether oxygens (including phenoxy) is 1. The minimum atomic E-state index is -0.300. The predicted molar refractivity (Wildman–Crippen MR) is 64.5 cm³/mol. The molecule has 0 spiro atoms. The molecule has 0 aromatic heterocycles. The second kappa shape index (κ2) is 6.47. The van der Waals surface area contributed by atoms with Crippen LogP contribution in [0.3, 0.4) is 0 Å². The van der Waals surface area contributed by atoms with Crippen molar-refractivity contribution < 1.29 is 14.3 Å². The van der Waals surface area contributed by atoms with Gasteiger partial charge >= 0.3 is 6.09 Å². The third kappa shape index (κ3) is 4.24. The van der Waals surface area contributed by atoms with Gasteiger partial charge < -0.3 is 15.0 Å². The van der Waals surface area contributed by atoms with Crippen LogP contribution in [-0.4, -0.2) is 43.6 Å². The standard InChI is InChI=1S/C12H22N2O3/c1-9(2)8-13-11(15)10-4-6-14(7-5-10)12(16)17-3/h9-10H,4-8H2,1-3H3,(H,13,15). The van der Waals surface area contributed by atoms with Crippen LogP contribution in [0.1, 0.15) is 26.7 Å². The van der Waals surface area contributed by atoms with Gasteiger partial charge in [-0.3, -0.25) is 4.79 Å². The molecule has 1 saturated heterocycles. The van der Waals surface area contributed by atoms with Crippen molar-refractivity contribution in [3.05, 3.63) is 0 Å². The van der Waals surface area contributed by atoms with Crippen molar-refractivity contribution in [1.82, 2.24) is 10.2 Å². The molecule has 0 aliphatic carbocycles. The fraction of sp³-hybridized carbons (Fsp3) is 0.833. The van der Waals surface area contributed by atoms with Gasteiger partial charge in [-0.05, 0) is 18.8 Å². The van der Waals surface area contributed by atoms with Gasteiger partial charge in [0.2, 0.25) is 5.91 Å². The topological polar surface area (TPSA) is 58.6 Å². The van der Waals surface area contributed by atoms with Crippen molar-refractivity contribution in [2.24, 2.45) is 11.8 Å². The summed E-state index contributed by atoms with van der Waals surface area (Å²) < 4.78 is 4.65. The van der Waals surface area contributed by atoms with E-state index in [4.69, 9.17) is 0 Å². The number of rotatable bonds is 3. The smallest absolute Gasteiger partial charge is 0.409 e. The molecule has 0 saturated carbocycles. The molecule has 1 aliphatic heterocycles. The fourth-order valence-electron chi connectivity index (χ4n) is 1.90.